The quantitative estimate of drug-likeness (QED) is 0.0342. The molecule has 9 heteroatoms. The molecule has 9 nitrogen and oxygen atoms in total. The second-order valence-electron chi connectivity index (χ2n) is 16.2. The molecule has 1 aliphatic rings. The number of aliphatic hydroxyl groups excluding tert-OH is 5. The molecule has 6 N–H and O–H groups in total. The number of aliphatic hydroxyl groups is 5. The van der Waals surface area contributed by atoms with Gasteiger partial charge in [0, 0.05) is 6.42 Å². The zero-order valence-corrected chi connectivity index (χ0v) is 34.5. The molecule has 1 saturated heterocycles. The summed E-state index contributed by atoms with van der Waals surface area (Å²) in [5, 5.41) is 54.2. The van der Waals surface area contributed by atoms with Crippen molar-refractivity contribution in [3.8, 4) is 0 Å². The van der Waals surface area contributed by atoms with E-state index in [1.165, 1.54) is 154 Å². The summed E-state index contributed by atoms with van der Waals surface area (Å²) in [7, 11) is 0. The molecule has 0 aromatic heterocycles. The molecule has 0 aromatic carbocycles. The van der Waals surface area contributed by atoms with Crippen LogP contribution in [0.4, 0.5) is 0 Å². The first-order valence-corrected chi connectivity index (χ1v) is 22.7. The van der Waals surface area contributed by atoms with Crippen molar-refractivity contribution in [2.75, 3.05) is 13.2 Å². The van der Waals surface area contributed by atoms with E-state index in [0.717, 1.165) is 38.5 Å². The molecular weight excluding hydrogens is 670 g/mol. The van der Waals surface area contributed by atoms with Gasteiger partial charge < -0.3 is 40.3 Å². The van der Waals surface area contributed by atoms with Gasteiger partial charge in [0.1, 0.15) is 24.4 Å². The minimum Gasteiger partial charge on any atom is -0.394 e. The summed E-state index contributed by atoms with van der Waals surface area (Å²) in [6.07, 6.45) is 31.2. The third-order valence-electron chi connectivity index (χ3n) is 11.2. The number of rotatable bonds is 38. The lowest BCUT2D eigenvalue weighted by Gasteiger charge is -2.40. The predicted octanol–water partition coefficient (Wildman–Crippen LogP) is 9.17. The van der Waals surface area contributed by atoms with Crippen molar-refractivity contribution in [2.45, 2.75) is 262 Å². The Kier molecular flexibility index (Phi) is 33.7. The molecule has 1 fully saturated rings. The van der Waals surface area contributed by atoms with E-state index >= 15 is 0 Å². The van der Waals surface area contributed by atoms with Crippen LogP contribution in [0.25, 0.3) is 0 Å². The number of unbranched alkanes of at least 4 members (excludes halogenated alkanes) is 28. The molecule has 1 rings (SSSR count). The highest BCUT2D eigenvalue weighted by molar-refractivity contribution is 5.76. The van der Waals surface area contributed by atoms with Gasteiger partial charge in [-0.15, -0.1) is 0 Å². The van der Waals surface area contributed by atoms with Crippen LogP contribution >= 0.6 is 0 Å². The van der Waals surface area contributed by atoms with Crippen LogP contribution < -0.4 is 5.32 Å². The van der Waals surface area contributed by atoms with E-state index in [2.05, 4.69) is 19.2 Å². The Bertz CT molecular complexity index is 801. The molecule has 7 atom stereocenters. The van der Waals surface area contributed by atoms with Crippen LogP contribution in [-0.4, -0.2) is 87.5 Å². The van der Waals surface area contributed by atoms with Gasteiger partial charge >= 0.3 is 0 Å². The van der Waals surface area contributed by atoms with E-state index in [4.69, 9.17) is 9.47 Å². The normalized spacial score (nSPS) is 21.5. The molecule has 0 saturated carbocycles. The van der Waals surface area contributed by atoms with Crippen LogP contribution in [0.15, 0.2) is 0 Å². The maximum Gasteiger partial charge on any atom is 0.220 e. The van der Waals surface area contributed by atoms with Crippen molar-refractivity contribution < 1.29 is 39.8 Å². The third kappa shape index (κ3) is 26.6. The summed E-state index contributed by atoms with van der Waals surface area (Å²) in [6, 6.07) is -0.710. The van der Waals surface area contributed by atoms with Crippen molar-refractivity contribution in [1.29, 1.82) is 0 Å². The van der Waals surface area contributed by atoms with Gasteiger partial charge in [-0.1, -0.05) is 200 Å². The van der Waals surface area contributed by atoms with Gasteiger partial charge in [-0.2, -0.15) is 0 Å². The smallest absolute Gasteiger partial charge is 0.220 e. The summed E-state index contributed by atoms with van der Waals surface area (Å²) < 4.78 is 11.2. The first-order valence-electron chi connectivity index (χ1n) is 22.7. The minimum absolute atomic E-state index is 0.132. The van der Waals surface area contributed by atoms with E-state index in [1.807, 2.05) is 0 Å². The molecule has 53 heavy (non-hydrogen) atoms. The Hall–Kier alpha value is -0.810. The summed E-state index contributed by atoms with van der Waals surface area (Å²) in [6.45, 7) is 3.83. The number of hydrogen-bond acceptors (Lipinski definition) is 8. The largest absolute Gasteiger partial charge is 0.394 e. The van der Waals surface area contributed by atoms with E-state index < -0.39 is 49.5 Å². The van der Waals surface area contributed by atoms with E-state index in [-0.39, 0.29) is 12.5 Å². The molecule has 0 aromatic rings. The van der Waals surface area contributed by atoms with Gasteiger partial charge in [-0.25, -0.2) is 0 Å². The monoisotopic (exact) mass is 758 g/mol. The Morgan fingerprint density at radius 1 is 0.566 bits per heavy atom. The van der Waals surface area contributed by atoms with Crippen LogP contribution in [-0.2, 0) is 14.3 Å². The first-order chi connectivity index (χ1) is 25.8. The number of carbonyl (C=O) groups excluding carboxylic acids is 1. The Labute approximate surface area is 325 Å². The Balaban J connectivity index is 2.28. The highest BCUT2D eigenvalue weighted by Crippen LogP contribution is 2.23. The van der Waals surface area contributed by atoms with Crippen molar-refractivity contribution in [3.63, 3.8) is 0 Å². The maximum atomic E-state index is 12.9. The predicted molar refractivity (Wildman–Crippen MR) is 217 cm³/mol. The standard InChI is InChI=1S/C44H87NO8/c1-3-5-7-9-11-13-15-16-17-18-19-20-21-22-23-24-25-27-29-31-33-38(47)37(36-52-44-43(51)42(50)41(49)39(35-46)53-44)45-40(48)34-32-30-28-26-14-12-10-8-6-4-2/h37-39,41-44,46-47,49-51H,3-36H2,1-2H3,(H,45,48). The van der Waals surface area contributed by atoms with Gasteiger partial charge in [0.2, 0.25) is 5.91 Å². The van der Waals surface area contributed by atoms with Crippen molar-refractivity contribution >= 4 is 5.91 Å². The SMILES string of the molecule is CCCCCCCCCCCCCCCCCCCCCCC(O)C(COC1OC(CO)C(O)C(O)C1O)NC(=O)CCCCCCCCCCCC. The van der Waals surface area contributed by atoms with Gasteiger partial charge in [0.15, 0.2) is 6.29 Å². The molecular formula is C44H87NO8. The molecule has 0 bridgehead atoms. The first kappa shape index (κ1) is 50.2. The number of carbonyl (C=O) groups is 1. The zero-order valence-electron chi connectivity index (χ0n) is 34.5. The maximum absolute atomic E-state index is 12.9. The minimum atomic E-state index is -1.55. The molecule has 0 spiro atoms. The highest BCUT2D eigenvalue weighted by Gasteiger charge is 2.44. The lowest BCUT2D eigenvalue weighted by Crippen LogP contribution is -2.60. The lowest BCUT2D eigenvalue weighted by molar-refractivity contribution is -0.302. The molecule has 0 radical (unpaired) electrons. The zero-order chi connectivity index (χ0) is 38.8. The van der Waals surface area contributed by atoms with Crippen molar-refractivity contribution in [1.82, 2.24) is 5.32 Å². The summed E-state index contributed by atoms with van der Waals surface area (Å²) >= 11 is 0. The molecule has 1 amide bonds. The number of amides is 1. The van der Waals surface area contributed by atoms with Crippen LogP contribution in [0.5, 0.6) is 0 Å². The van der Waals surface area contributed by atoms with Crippen LogP contribution in [0, 0.1) is 0 Å². The van der Waals surface area contributed by atoms with Crippen LogP contribution in [0.3, 0.4) is 0 Å². The number of hydrogen-bond donors (Lipinski definition) is 6. The Morgan fingerprint density at radius 3 is 1.34 bits per heavy atom. The summed E-state index contributed by atoms with van der Waals surface area (Å²) in [5.74, 6) is -0.144. The van der Waals surface area contributed by atoms with Gasteiger partial charge in [-0.05, 0) is 12.8 Å². The summed E-state index contributed by atoms with van der Waals surface area (Å²) in [5.41, 5.74) is 0. The third-order valence-corrected chi connectivity index (χ3v) is 11.2. The topological polar surface area (TPSA) is 149 Å². The van der Waals surface area contributed by atoms with Gasteiger partial charge in [0.05, 0.1) is 25.4 Å². The fourth-order valence-corrected chi connectivity index (χ4v) is 7.51. The highest BCUT2D eigenvalue weighted by atomic mass is 16.7. The fraction of sp³-hybridized carbons (Fsp3) is 0.977. The molecule has 0 aliphatic carbocycles. The molecule has 7 unspecified atom stereocenters. The van der Waals surface area contributed by atoms with E-state index in [0.29, 0.717) is 12.8 Å². The summed E-state index contributed by atoms with van der Waals surface area (Å²) in [4.78, 5) is 12.9. The van der Waals surface area contributed by atoms with Gasteiger partial charge in [0.25, 0.3) is 0 Å². The van der Waals surface area contributed by atoms with Gasteiger partial charge in [-0.3, -0.25) is 4.79 Å². The molecule has 1 heterocycles. The van der Waals surface area contributed by atoms with Crippen molar-refractivity contribution in [3.05, 3.63) is 0 Å². The van der Waals surface area contributed by atoms with E-state index in [1.54, 1.807) is 0 Å². The average Bonchev–Trinajstić information content (AvgIpc) is 3.16. The molecule has 316 valence electrons. The van der Waals surface area contributed by atoms with E-state index in [9.17, 15) is 30.3 Å². The Morgan fingerprint density at radius 2 is 0.943 bits per heavy atom. The molecule has 1 aliphatic heterocycles. The van der Waals surface area contributed by atoms with Crippen LogP contribution in [0.1, 0.15) is 219 Å². The average molecular weight is 758 g/mol. The number of ether oxygens (including phenoxy) is 2. The van der Waals surface area contributed by atoms with Crippen LogP contribution in [0.2, 0.25) is 0 Å². The lowest BCUT2D eigenvalue weighted by atomic mass is 9.99. The fourth-order valence-electron chi connectivity index (χ4n) is 7.51. The number of nitrogens with one attached hydrogen (secondary N) is 1. The second kappa shape index (κ2) is 35.6. The van der Waals surface area contributed by atoms with Crippen molar-refractivity contribution in [2.24, 2.45) is 0 Å². The second-order valence-corrected chi connectivity index (χ2v) is 16.2.